The van der Waals surface area contributed by atoms with E-state index in [1.54, 1.807) is 4.68 Å². The van der Waals surface area contributed by atoms with Gasteiger partial charge in [0.1, 0.15) is 0 Å². The molecule has 1 heterocycles. The minimum absolute atomic E-state index is 0.0437. The Morgan fingerprint density at radius 2 is 2.18 bits per heavy atom. The maximum absolute atomic E-state index is 12.0. The molecule has 2 aromatic rings. The van der Waals surface area contributed by atoms with E-state index in [2.05, 4.69) is 20.8 Å². The third-order valence-corrected chi connectivity index (χ3v) is 4.62. The number of tetrazole rings is 1. The zero-order chi connectivity index (χ0) is 15.5. The molecule has 1 atom stereocenters. The van der Waals surface area contributed by atoms with Gasteiger partial charge < -0.3 is 5.32 Å². The number of carbonyl (C=O) groups is 1. The predicted molar refractivity (Wildman–Crippen MR) is 84.8 cm³/mol. The van der Waals surface area contributed by atoms with Crippen LogP contribution in [-0.4, -0.2) is 31.9 Å². The zero-order valence-electron chi connectivity index (χ0n) is 12.1. The molecule has 1 aromatic heterocycles. The van der Waals surface area contributed by atoms with Crippen LogP contribution >= 0.6 is 23.4 Å². The van der Waals surface area contributed by atoms with Gasteiger partial charge in [0.25, 0.3) is 0 Å². The van der Waals surface area contributed by atoms with Gasteiger partial charge in [-0.25, -0.2) is 4.68 Å². The molecule has 8 heteroatoms. The third-order valence-electron chi connectivity index (χ3n) is 3.44. The molecule has 3 rings (SSSR count). The van der Waals surface area contributed by atoms with E-state index in [9.17, 15) is 4.79 Å². The molecule has 0 saturated heterocycles. The first-order valence-corrected chi connectivity index (χ1v) is 8.45. The van der Waals surface area contributed by atoms with Crippen LogP contribution in [0.2, 0.25) is 5.02 Å². The fourth-order valence-corrected chi connectivity index (χ4v) is 2.96. The molecule has 1 saturated carbocycles. The molecule has 22 heavy (non-hydrogen) atoms. The van der Waals surface area contributed by atoms with Gasteiger partial charge in [-0.3, -0.25) is 4.79 Å². The lowest BCUT2D eigenvalue weighted by atomic mass is 10.1. The van der Waals surface area contributed by atoms with E-state index in [4.69, 9.17) is 11.6 Å². The molecule has 0 radical (unpaired) electrons. The van der Waals surface area contributed by atoms with Crippen molar-refractivity contribution < 1.29 is 4.79 Å². The average Bonchev–Trinajstić information content (AvgIpc) is 3.24. The topological polar surface area (TPSA) is 72.7 Å². The van der Waals surface area contributed by atoms with Crippen LogP contribution < -0.4 is 5.32 Å². The van der Waals surface area contributed by atoms with Gasteiger partial charge in [0.05, 0.1) is 17.8 Å². The molecule has 1 N–H and O–H groups in total. The molecule has 1 fully saturated rings. The number of hydrogen-bond acceptors (Lipinski definition) is 5. The summed E-state index contributed by atoms with van der Waals surface area (Å²) in [6.45, 7) is 1.94. The highest BCUT2D eigenvalue weighted by Crippen LogP contribution is 2.36. The van der Waals surface area contributed by atoms with Crippen molar-refractivity contribution >= 4 is 29.3 Å². The van der Waals surface area contributed by atoms with Crippen molar-refractivity contribution in [3.05, 3.63) is 34.9 Å². The van der Waals surface area contributed by atoms with Gasteiger partial charge in [0.2, 0.25) is 11.1 Å². The molecule has 1 amide bonds. The van der Waals surface area contributed by atoms with Crippen molar-refractivity contribution in [2.24, 2.45) is 0 Å². The van der Waals surface area contributed by atoms with Gasteiger partial charge in [-0.15, -0.1) is 5.10 Å². The SMILES string of the molecule is CC(NC(=O)CSc1nnnn1C1CC1)c1ccc(Cl)cc1. The van der Waals surface area contributed by atoms with Crippen LogP contribution in [0, 0.1) is 0 Å². The van der Waals surface area contributed by atoms with Crippen LogP contribution in [0.25, 0.3) is 0 Å². The minimum Gasteiger partial charge on any atom is -0.349 e. The summed E-state index contributed by atoms with van der Waals surface area (Å²) >= 11 is 7.23. The number of aromatic nitrogens is 4. The van der Waals surface area contributed by atoms with Gasteiger partial charge >= 0.3 is 0 Å². The molecule has 6 nitrogen and oxygen atoms in total. The van der Waals surface area contributed by atoms with Crippen LogP contribution in [0.1, 0.15) is 37.4 Å². The standard InChI is InChI=1S/C14H16ClN5OS/c1-9(10-2-4-11(15)5-3-10)16-13(21)8-22-14-17-18-19-20(14)12-6-7-12/h2-5,9,12H,6-8H2,1H3,(H,16,21). The van der Waals surface area contributed by atoms with Gasteiger partial charge in [0.15, 0.2) is 0 Å². The Bertz CT molecular complexity index is 656. The number of rotatable bonds is 6. The normalized spacial score (nSPS) is 15.5. The third kappa shape index (κ3) is 3.78. The van der Waals surface area contributed by atoms with Crippen molar-refractivity contribution in [2.45, 2.75) is 37.0 Å². The van der Waals surface area contributed by atoms with E-state index in [-0.39, 0.29) is 11.9 Å². The quantitative estimate of drug-likeness (QED) is 0.820. The van der Waals surface area contributed by atoms with Crippen molar-refractivity contribution in [3.8, 4) is 0 Å². The Morgan fingerprint density at radius 1 is 1.45 bits per heavy atom. The summed E-state index contributed by atoms with van der Waals surface area (Å²) in [5, 5.41) is 16.0. The minimum atomic E-state index is -0.0650. The zero-order valence-corrected chi connectivity index (χ0v) is 13.6. The summed E-state index contributed by atoms with van der Waals surface area (Å²) in [4.78, 5) is 12.0. The Hall–Kier alpha value is -1.60. The lowest BCUT2D eigenvalue weighted by molar-refractivity contribution is -0.119. The molecule has 1 aromatic carbocycles. The Kier molecular flexibility index (Phi) is 4.63. The first-order chi connectivity index (χ1) is 10.6. The van der Waals surface area contributed by atoms with Crippen molar-refractivity contribution in [2.75, 3.05) is 5.75 Å². The second-order valence-electron chi connectivity index (χ2n) is 5.27. The van der Waals surface area contributed by atoms with Crippen LogP contribution in [0.4, 0.5) is 0 Å². The first-order valence-electron chi connectivity index (χ1n) is 7.09. The highest BCUT2D eigenvalue weighted by atomic mass is 35.5. The second-order valence-corrected chi connectivity index (χ2v) is 6.65. The van der Waals surface area contributed by atoms with Crippen LogP contribution in [-0.2, 0) is 4.79 Å². The van der Waals surface area contributed by atoms with Gasteiger partial charge in [-0.05, 0) is 47.9 Å². The average molecular weight is 338 g/mol. The molecular formula is C14H16ClN5OS. The van der Waals surface area contributed by atoms with Gasteiger partial charge in [-0.1, -0.05) is 35.5 Å². The fourth-order valence-electron chi connectivity index (χ4n) is 2.08. The van der Waals surface area contributed by atoms with Crippen LogP contribution in [0.15, 0.2) is 29.4 Å². The number of thioether (sulfide) groups is 1. The Labute approximate surface area is 137 Å². The first kappa shape index (κ1) is 15.3. The predicted octanol–water partition coefficient (Wildman–Crippen LogP) is 2.63. The van der Waals surface area contributed by atoms with E-state index >= 15 is 0 Å². The van der Waals surface area contributed by atoms with E-state index in [1.165, 1.54) is 11.8 Å². The summed E-state index contributed by atoms with van der Waals surface area (Å²) < 4.78 is 1.81. The molecule has 1 aliphatic carbocycles. The number of halogens is 1. The van der Waals surface area contributed by atoms with E-state index in [0.717, 1.165) is 18.4 Å². The van der Waals surface area contributed by atoms with E-state index in [1.807, 2.05) is 31.2 Å². The largest absolute Gasteiger partial charge is 0.349 e. The molecule has 0 aliphatic heterocycles. The van der Waals surface area contributed by atoms with E-state index in [0.29, 0.717) is 22.0 Å². The second kappa shape index (κ2) is 6.66. The number of benzene rings is 1. The maximum Gasteiger partial charge on any atom is 0.230 e. The number of nitrogens with one attached hydrogen (secondary N) is 1. The van der Waals surface area contributed by atoms with Crippen LogP contribution in [0.5, 0.6) is 0 Å². The molecule has 116 valence electrons. The highest BCUT2D eigenvalue weighted by Gasteiger charge is 2.28. The molecule has 0 bridgehead atoms. The fraction of sp³-hybridized carbons (Fsp3) is 0.429. The Morgan fingerprint density at radius 3 is 2.86 bits per heavy atom. The summed E-state index contributed by atoms with van der Waals surface area (Å²) in [5.74, 6) is 0.253. The lowest BCUT2D eigenvalue weighted by Crippen LogP contribution is -2.28. The number of hydrogen-bond donors (Lipinski definition) is 1. The maximum atomic E-state index is 12.0. The molecule has 0 spiro atoms. The summed E-state index contributed by atoms with van der Waals surface area (Å²) in [5.41, 5.74) is 1.02. The van der Waals surface area contributed by atoms with Crippen molar-refractivity contribution in [1.29, 1.82) is 0 Å². The van der Waals surface area contributed by atoms with Crippen LogP contribution in [0.3, 0.4) is 0 Å². The number of amides is 1. The van der Waals surface area contributed by atoms with E-state index < -0.39 is 0 Å². The summed E-state index contributed by atoms with van der Waals surface area (Å²) in [7, 11) is 0. The highest BCUT2D eigenvalue weighted by molar-refractivity contribution is 7.99. The molecule has 1 aliphatic rings. The molecular weight excluding hydrogens is 322 g/mol. The Balaban J connectivity index is 1.51. The monoisotopic (exact) mass is 337 g/mol. The lowest BCUT2D eigenvalue weighted by Gasteiger charge is -2.14. The molecule has 1 unspecified atom stereocenters. The number of nitrogens with zero attached hydrogens (tertiary/aromatic N) is 4. The summed E-state index contributed by atoms with van der Waals surface area (Å²) in [6, 6.07) is 7.80. The van der Waals surface area contributed by atoms with Gasteiger partial charge in [0, 0.05) is 5.02 Å². The number of carbonyl (C=O) groups excluding carboxylic acids is 1. The van der Waals surface area contributed by atoms with Gasteiger partial charge in [-0.2, -0.15) is 0 Å². The van der Waals surface area contributed by atoms with Crippen molar-refractivity contribution in [1.82, 2.24) is 25.5 Å². The van der Waals surface area contributed by atoms with Crippen molar-refractivity contribution in [3.63, 3.8) is 0 Å². The summed E-state index contributed by atoms with van der Waals surface area (Å²) in [6.07, 6.45) is 2.22. The smallest absolute Gasteiger partial charge is 0.230 e.